The predicted molar refractivity (Wildman–Crippen MR) is 28.5 cm³/mol. The molecule has 11 heavy (non-hydrogen) atoms. The first-order valence-electron chi connectivity index (χ1n) is 2.60. The van der Waals surface area contributed by atoms with Crippen LogP contribution in [0.15, 0.2) is 6.08 Å². The minimum atomic E-state index is -3.98. The number of hydrogen-bond acceptors (Lipinski definition) is 0. The summed E-state index contributed by atoms with van der Waals surface area (Å²) in [6, 6.07) is 0. The van der Waals surface area contributed by atoms with Crippen molar-refractivity contribution in [1.82, 2.24) is 0 Å². The van der Waals surface area contributed by atoms with E-state index in [4.69, 9.17) is 6.58 Å². The quantitative estimate of drug-likeness (QED) is 0.382. The van der Waals surface area contributed by atoms with Crippen LogP contribution in [0.25, 0.3) is 0 Å². The van der Waals surface area contributed by atoms with Gasteiger partial charge in [-0.3, -0.25) is 6.08 Å². The Kier molecular flexibility index (Phi) is 6.87. The topological polar surface area (TPSA) is 0 Å². The molecule has 68 valence electrons. The first-order valence-corrected chi connectivity index (χ1v) is 2.60. The van der Waals surface area contributed by atoms with Crippen LogP contribution in [0.1, 0.15) is 12.8 Å². The first kappa shape index (κ1) is 13.5. The van der Waals surface area contributed by atoms with Gasteiger partial charge in [0.25, 0.3) is 0 Å². The van der Waals surface area contributed by atoms with E-state index in [2.05, 4.69) is 0 Å². The SMILES string of the molecule is [CH-]=CCCC(F)(F)[C-](F)F.[Ni+2]. The van der Waals surface area contributed by atoms with Gasteiger partial charge >= 0.3 is 16.5 Å². The Morgan fingerprint density at radius 2 is 1.82 bits per heavy atom. The second kappa shape index (κ2) is 5.58. The Balaban J connectivity index is 0. The molecule has 0 aromatic heterocycles. The van der Waals surface area contributed by atoms with Crippen LogP contribution in [-0.2, 0) is 16.5 Å². The molecular weight excluding hydrogens is 207 g/mol. The molecule has 0 bridgehead atoms. The van der Waals surface area contributed by atoms with Crippen molar-refractivity contribution in [2.24, 2.45) is 0 Å². The van der Waals surface area contributed by atoms with Crippen molar-refractivity contribution in [2.45, 2.75) is 18.8 Å². The van der Waals surface area contributed by atoms with Crippen molar-refractivity contribution < 1.29 is 34.1 Å². The summed E-state index contributed by atoms with van der Waals surface area (Å²) in [6.45, 7) is 4.72. The predicted octanol–water partition coefficient (Wildman–Crippen LogP) is 2.82. The third-order valence-electron chi connectivity index (χ3n) is 0.901. The minimum Gasteiger partial charge on any atom is -0.518 e. The van der Waals surface area contributed by atoms with Crippen molar-refractivity contribution >= 4 is 0 Å². The Hall–Kier alpha value is -0.0465. The fourth-order valence-corrected chi connectivity index (χ4v) is 0.359. The van der Waals surface area contributed by atoms with Gasteiger partial charge in [-0.15, -0.1) is 0 Å². The van der Waals surface area contributed by atoms with Crippen LogP contribution >= 0.6 is 0 Å². The third kappa shape index (κ3) is 5.25. The Morgan fingerprint density at radius 3 is 2.09 bits per heavy atom. The molecule has 0 saturated carbocycles. The van der Waals surface area contributed by atoms with E-state index >= 15 is 0 Å². The molecule has 0 rings (SSSR count). The van der Waals surface area contributed by atoms with Gasteiger partial charge in [0.2, 0.25) is 0 Å². The number of rotatable bonds is 4. The first-order chi connectivity index (χ1) is 4.50. The van der Waals surface area contributed by atoms with Crippen LogP contribution in [0.3, 0.4) is 0 Å². The van der Waals surface area contributed by atoms with Crippen molar-refractivity contribution in [3.05, 3.63) is 19.1 Å². The molecule has 0 amide bonds. The molecule has 0 spiro atoms. The zero-order valence-electron chi connectivity index (χ0n) is 5.40. The zero-order valence-corrected chi connectivity index (χ0v) is 6.38. The smallest absolute Gasteiger partial charge is 0.518 e. The molecule has 0 aliphatic heterocycles. The molecule has 0 aliphatic rings. The molecule has 5 heteroatoms. The average molecular weight is 213 g/mol. The third-order valence-corrected chi connectivity index (χ3v) is 0.901. The van der Waals surface area contributed by atoms with Gasteiger partial charge in [-0.25, -0.2) is 8.78 Å². The second-order valence-electron chi connectivity index (χ2n) is 1.74. The molecule has 0 aromatic rings. The number of hydrogen-bond donors (Lipinski definition) is 0. The fraction of sp³-hybridized carbons (Fsp3) is 0.500. The van der Waals surface area contributed by atoms with Crippen molar-refractivity contribution in [3.8, 4) is 0 Å². The summed E-state index contributed by atoms with van der Waals surface area (Å²) >= 11 is 0. The van der Waals surface area contributed by atoms with Crippen LogP contribution in [0.4, 0.5) is 17.6 Å². The molecule has 0 aromatic carbocycles. The largest absolute Gasteiger partial charge is 2.00 e. The van der Waals surface area contributed by atoms with Crippen molar-refractivity contribution in [2.75, 3.05) is 0 Å². The van der Waals surface area contributed by atoms with Gasteiger partial charge in [0.05, 0.1) is 6.43 Å². The van der Waals surface area contributed by atoms with Crippen LogP contribution < -0.4 is 0 Å². The molecule has 0 N–H and O–H groups in total. The van der Waals surface area contributed by atoms with Gasteiger partial charge in [-0.2, -0.15) is 0 Å². The molecule has 0 atom stereocenters. The minimum absolute atomic E-state index is 0. The van der Waals surface area contributed by atoms with E-state index in [1.807, 2.05) is 0 Å². The van der Waals surface area contributed by atoms with Gasteiger partial charge in [0.1, 0.15) is 0 Å². The van der Waals surface area contributed by atoms with Crippen molar-refractivity contribution in [3.63, 3.8) is 0 Å². The average Bonchev–Trinajstić information content (AvgIpc) is 1.84. The Morgan fingerprint density at radius 1 is 1.36 bits per heavy atom. The normalized spacial score (nSPS) is 11.0. The van der Waals surface area contributed by atoms with Crippen LogP contribution in [0.2, 0.25) is 0 Å². The van der Waals surface area contributed by atoms with E-state index in [0.29, 0.717) is 0 Å². The van der Waals surface area contributed by atoms with Gasteiger partial charge in [-0.05, 0) is 6.42 Å². The van der Waals surface area contributed by atoms with Gasteiger partial charge in [0.15, 0.2) is 5.92 Å². The Labute approximate surface area is 72.6 Å². The summed E-state index contributed by atoms with van der Waals surface area (Å²) in [5, 5.41) is 0. The maximum absolute atomic E-state index is 11.9. The van der Waals surface area contributed by atoms with E-state index < -0.39 is 18.8 Å². The van der Waals surface area contributed by atoms with Crippen molar-refractivity contribution in [1.29, 1.82) is 0 Å². The summed E-state index contributed by atoms with van der Waals surface area (Å²) in [4.78, 5) is 0. The fourth-order valence-electron chi connectivity index (χ4n) is 0.359. The van der Waals surface area contributed by atoms with Gasteiger partial charge < -0.3 is 15.4 Å². The van der Waals surface area contributed by atoms with E-state index in [0.717, 1.165) is 6.08 Å². The molecule has 0 saturated heterocycles. The van der Waals surface area contributed by atoms with Gasteiger partial charge in [0, 0.05) is 0 Å². The van der Waals surface area contributed by atoms with E-state index in [9.17, 15) is 17.6 Å². The molecular formula is C6H6F4Ni. The zero-order chi connectivity index (χ0) is 8.20. The number of allylic oxidation sites excluding steroid dienone is 1. The summed E-state index contributed by atoms with van der Waals surface area (Å²) in [6.07, 6.45) is -3.07. The monoisotopic (exact) mass is 212 g/mol. The second-order valence-corrected chi connectivity index (χ2v) is 1.74. The maximum Gasteiger partial charge on any atom is 2.00 e. The van der Waals surface area contributed by atoms with Gasteiger partial charge in [-0.1, -0.05) is 6.42 Å². The molecule has 0 heterocycles. The molecule has 0 radical (unpaired) electrons. The molecule has 0 unspecified atom stereocenters. The van der Waals surface area contributed by atoms with E-state index in [1.165, 1.54) is 0 Å². The summed E-state index contributed by atoms with van der Waals surface area (Å²) in [5.74, 6) is -3.98. The van der Waals surface area contributed by atoms with E-state index in [1.54, 1.807) is 0 Å². The summed E-state index contributed by atoms with van der Waals surface area (Å²) < 4.78 is 46.2. The molecule has 0 fully saturated rings. The van der Waals surface area contributed by atoms with Crippen LogP contribution in [-0.4, -0.2) is 5.92 Å². The number of alkyl halides is 2. The molecule has 0 aliphatic carbocycles. The summed E-state index contributed by atoms with van der Waals surface area (Å²) in [5.41, 5.74) is 0. The van der Waals surface area contributed by atoms with E-state index in [-0.39, 0.29) is 22.9 Å². The summed E-state index contributed by atoms with van der Waals surface area (Å²) in [7, 11) is 0. The van der Waals surface area contributed by atoms with Crippen LogP contribution in [0.5, 0.6) is 0 Å². The van der Waals surface area contributed by atoms with Crippen LogP contribution in [0, 0.1) is 13.0 Å². The number of halogens is 4. The standard InChI is InChI=1S/C6H6F4.Ni/c1-2-3-4-6(9,10)5(7)8;/h1-2H,3-4H2;/q-2;+2. The molecule has 0 nitrogen and oxygen atoms in total. The maximum atomic E-state index is 11.9. The Bertz CT molecular complexity index is 113.